The van der Waals surface area contributed by atoms with Crippen LogP contribution in [-0.4, -0.2) is 22.4 Å². The second-order valence-electron chi connectivity index (χ2n) is 6.42. The van der Waals surface area contributed by atoms with Gasteiger partial charge in [0.25, 0.3) is 0 Å². The van der Waals surface area contributed by atoms with Crippen LogP contribution in [0.3, 0.4) is 0 Å². The fourth-order valence-electron chi connectivity index (χ4n) is 3.31. The molecule has 4 heteroatoms. The van der Waals surface area contributed by atoms with E-state index in [1.54, 1.807) is 0 Å². The van der Waals surface area contributed by atoms with Gasteiger partial charge in [-0.2, -0.15) is 0 Å². The molecule has 0 spiro atoms. The van der Waals surface area contributed by atoms with Crippen molar-refractivity contribution in [2.45, 2.75) is 42.2 Å². The van der Waals surface area contributed by atoms with Crippen LogP contribution < -0.4 is 0 Å². The average Bonchev–Trinajstić information content (AvgIpc) is 2.96. The van der Waals surface area contributed by atoms with Gasteiger partial charge in [0.1, 0.15) is 6.29 Å². The predicted octanol–water partition coefficient (Wildman–Crippen LogP) is 4.57. The summed E-state index contributed by atoms with van der Waals surface area (Å²) in [6.45, 7) is 1.18. The monoisotopic (exact) mass is 450 g/mol. The van der Waals surface area contributed by atoms with E-state index in [2.05, 4.69) is 46.9 Å². The van der Waals surface area contributed by atoms with E-state index in [0.29, 0.717) is 19.6 Å². The minimum Gasteiger partial charge on any atom is -0.373 e. The Bertz CT molecular complexity index is 647. The Kier molecular flexibility index (Phi) is 7.02. The van der Waals surface area contributed by atoms with E-state index >= 15 is 0 Å². The number of carbonyl (C=O) groups is 1. The van der Waals surface area contributed by atoms with Crippen molar-refractivity contribution in [3.8, 4) is 0 Å². The van der Waals surface area contributed by atoms with Gasteiger partial charge in [-0.3, -0.25) is 0 Å². The number of halogens is 1. The van der Waals surface area contributed by atoms with Crippen LogP contribution in [0.5, 0.6) is 0 Å². The van der Waals surface area contributed by atoms with Gasteiger partial charge in [0, 0.05) is 22.7 Å². The maximum absolute atomic E-state index is 11.1. The van der Waals surface area contributed by atoms with Crippen molar-refractivity contribution in [2.24, 2.45) is 5.92 Å². The van der Waals surface area contributed by atoms with Gasteiger partial charge in [0.15, 0.2) is 0 Å². The van der Waals surface area contributed by atoms with Crippen LogP contribution in [0.25, 0.3) is 0 Å². The molecule has 0 saturated heterocycles. The largest absolute Gasteiger partial charge is 0.373 e. The molecule has 132 valence electrons. The summed E-state index contributed by atoms with van der Waals surface area (Å²) in [5, 5.41) is 0. The maximum Gasteiger partial charge on any atom is 0.120 e. The molecule has 4 unspecified atom stereocenters. The van der Waals surface area contributed by atoms with E-state index in [1.807, 2.05) is 36.4 Å². The lowest BCUT2D eigenvalue weighted by Gasteiger charge is -2.20. The average molecular weight is 450 g/mol. The molecule has 0 N–H and O–H groups in total. The normalized spacial score (nSPS) is 25.8. The molecular formula is C21H23IO3. The Morgan fingerprint density at radius 2 is 1.40 bits per heavy atom. The van der Waals surface area contributed by atoms with Crippen LogP contribution >= 0.6 is 22.6 Å². The first-order chi connectivity index (χ1) is 12.3. The number of aldehydes is 1. The first-order valence-corrected chi connectivity index (χ1v) is 9.91. The molecule has 1 aliphatic carbocycles. The van der Waals surface area contributed by atoms with E-state index in [1.165, 1.54) is 5.56 Å². The van der Waals surface area contributed by atoms with Gasteiger partial charge in [-0.25, -0.2) is 0 Å². The summed E-state index contributed by atoms with van der Waals surface area (Å²) in [7, 11) is 0. The van der Waals surface area contributed by atoms with Gasteiger partial charge in [-0.15, -0.1) is 0 Å². The molecule has 0 amide bonds. The van der Waals surface area contributed by atoms with Crippen molar-refractivity contribution < 1.29 is 14.3 Å². The third kappa shape index (κ3) is 5.12. The molecule has 0 aliphatic heterocycles. The van der Waals surface area contributed by atoms with Crippen molar-refractivity contribution in [1.82, 2.24) is 0 Å². The first kappa shape index (κ1) is 18.5. The van der Waals surface area contributed by atoms with Crippen LogP contribution in [0.1, 0.15) is 24.0 Å². The summed E-state index contributed by atoms with van der Waals surface area (Å²) in [6, 6.07) is 20.4. The van der Waals surface area contributed by atoms with Gasteiger partial charge in [-0.05, 0) is 11.1 Å². The molecular weight excluding hydrogens is 427 g/mol. The van der Waals surface area contributed by atoms with E-state index in [-0.39, 0.29) is 22.1 Å². The second-order valence-corrected chi connectivity index (χ2v) is 7.85. The van der Waals surface area contributed by atoms with Crippen molar-refractivity contribution >= 4 is 28.9 Å². The van der Waals surface area contributed by atoms with Crippen LogP contribution in [0, 0.1) is 5.92 Å². The fourth-order valence-corrected chi connectivity index (χ4v) is 4.57. The SMILES string of the molecule is O=CCC1C(OCc2ccccc2)CC(OCc2ccccc2)C1I. The number of hydrogen-bond acceptors (Lipinski definition) is 3. The van der Waals surface area contributed by atoms with Gasteiger partial charge >= 0.3 is 0 Å². The maximum atomic E-state index is 11.1. The molecule has 25 heavy (non-hydrogen) atoms. The Morgan fingerprint density at radius 1 is 0.880 bits per heavy atom. The molecule has 1 fully saturated rings. The lowest BCUT2D eigenvalue weighted by atomic mass is 10.0. The second kappa shape index (κ2) is 9.46. The zero-order valence-electron chi connectivity index (χ0n) is 14.1. The Labute approximate surface area is 162 Å². The summed E-state index contributed by atoms with van der Waals surface area (Å²) >= 11 is 2.43. The summed E-state index contributed by atoms with van der Waals surface area (Å²) in [5.74, 6) is 0.211. The van der Waals surface area contributed by atoms with Gasteiger partial charge in [0.05, 0.1) is 25.4 Å². The summed E-state index contributed by atoms with van der Waals surface area (Å²) in [4.78, 5) is 11.1. The molecule has 1 saturated carbocycles. The lowest BCUT2D eigenvalue weighted by molar-refractivity contribution is -0.109. The van der Waals surface area contributed by atoms with E-state index in [4.69, 9.17) is 9.47 Å². The molecule has 0 heterocycles. The van der Waals surface area contributed by atoms with Crippen molar-refractivity contribution in [3.63, 3.8) is 0 Å². The molecule has 2 aromatic rings. The predicted molar refractivity (Wildman–Crippen MR) is 107 cm³/mol. The molecule has 3 nitrogen and oxygen atoms in total. The lowest BCUT2D eigenvalue weighted by Crippen LogP contribution is -2.25. The number of hydrogen-bond donors (Lipinski definition) is 0. The molecule has 3 rings (SSSR count). The smallest absolute Gasteiger partial charge is 0.120 e. The van der Waals surface area contributed by atoms with E-state index < -0.39 is 0 Å². The third-order valence-electron chi connectivity index (χ3n) is 4.69. The first-order valence-electron chi connectivity index (χ1n) is 8.66. The van der Waals surface area contributed by atoms with Crippen molar-refractivity contribution in [3.05, 3.63) is 71.8 Å². The quantitative estimate of drug-likeness (QED) is 0.336. The highest BCUT2D eigenvalue weighted by Gasteiger charge is 2.42. The Balaban J connectivity index is 1.58. The third-order valence-corrected chi connectivity index (χ3v) is 6.41. The summed E-state index contributed by atoms with van der Waals surface area (Å²) in [5.41, 5.74) is 2.33. The van der Waals surface area contributed by atoms with Crippen molar-refractivity contribution in [2.75, 3.05) is 0 Å². The zero-order chi connectivity index (χ0) is 17.5. The highest BCUT2D eigenvalue weighted by Crippen LogP contribution is 2.39. The van der Waals surface area contributed by atoms with Crippen LogP contribution in [0.2, 0.25) is 0 Å². The molecule has 0 radical (unpaired) electrons. The number of carbonyl (C=O) groups excluding carboxylic acids is 1. The van der Waals surface area contributed by atoms with Crippen LogP contribution in [0.4, 0.5) is 0 Å². The number of rotatable bonds is 8. The zero-order valence-corrected chi connectivity index (χ0v) is 16.2. The molecule has 1 aliphatic rings. The van der Waals surface area contributed by atoms with Gasteiger partial charge < -0.3 is 14.3 Å². The number of benzene rings is 2. The minimum atomic E-state index is 0.0630. The van der Waals surface area contributed by atoms with Crippen molar-refractivity contribution in [1.29, 1.82) is 0 Å². The van der Waals surface area contributed by atoms with E-state index in [9.17, 15) is 4.79 Å². The Hall–Kier alpha value is -1.24. The van der Waals surface area contributed by atoms with Gasteiger partial charge in [0.2, 0.25) is 0 Å². The molecule has 0 bridgehead atoms. The molecule has 2 aromatic carbocycles. The minimum absolute atomic E-state index is 0.0630. The number of ether oxygens (including phenoxy) is 2. The standard InChI is InChI=1S/C21H23IO3/c22-21-18(11-12-23)19(24-14-16-7-3-1-4-8-16)13-20(21)25-15-17-9-5-2-6-10-17/h1-10,12,18-21H,11,13-15H2. The van der Waals surface area contributed by atoms with Gasteiger partial charge in [-0.1, -0.05) is 83.3 Å². The number of alkyl halides is 1. The Morgan fingerprint density at radius 3 is 1.92 bits per heavy atom. The topological polar surface area (TPSA) is 35.5 Å². The summed E-state index contributed by atoms with van der Waals surface area (Å²) < 4.78 is 12.6. The van der Waals surface area contributed by atoms with Crippen LogP contribution in [-0.2, 0) is 27.5 Å². The molecule has 4 atom stereocenters. The van der Waals surface area contributed by atoms with Crippen LogP contribution in [0.15, 0.2) is 60.7 Å². The van der Waals surface area contributed by atoms with E-state index in [0.717, 1.165) is 18.3 Å². The summed E-state index contributed by atoms with van der Waals surface area (Å²) in [6.07, 6.45) is 2.55. The fraction of sp³-hybridized carbons (Fsp3) is 0.381. The highest BCUT2D eigenvalue weighted by atomic mass is 127. The highest BCUT2D eigenvalue weighted by molar-refractivity contribution is 14.1. The molecule has 0 aromatic heterocycles.